The molecular formula is C15H18N2O. The van der Waals surface area contributed by atoms with Gasteiger partial charge in [0, 0.05) is 0 Å². The standard InChI is InChI=1S/C15H18N2O/c1-6-16-14(2,3)12-8-7-9-13(10-12)15(4,5)17-11-18/h7-10H,1H2,2-5H3. The fourth-order valence-electron chi connectivity index (χ4n) is 1.72. The maximum Gasteiger partial charge on any atom is 0.235 e. The van der Waals surface area contributed by atoms with E-state index in [0.717, 1.165) is 11.1 Å². The molecule has 0 saturated carbocycles. The SMILES string of the molecule is C=C=NC(C)(C)c1cccc(C(C)(C)N=C=O)c1. The van der Waals surface area contributed by atoms with Crippen molar-refractivity contribution >= 4 is 11.9 Å². The summed E-state index contributed by atoms with van der Waals surface area (Å²) >= 11 is 0. The van der Waals surface area contributed by atoms with Crippen LogP contribution in [0.4, 0.5) is 0 Å². The zero-order chi connectivity index (χ0) is 13.8. The van der Waals surface area contributed by atoms with E-state index >= 15 is 0 Å². The Morgan fingerprint density at radius 3 is 2.00 bits per heavy atom. The molecule has 18 heavy (non-hydrogen) atoms. The molecule has 0 N–H and O–H groups in total. The molecule has 1 aromatic rings. The van der Waals surface area contributed by atoms with E-state index in [1.165, 1.54) is 0 Å². The summed E-state index contributed by atoms with van der Waals surface area (Å²) in [6.07, 6.45) is 1.62. The average Bonchev–Trinajstić information content (AvgIpc) is 2.29. The van der Waals surface area contributed by atoms with Gasteiger partial charge in [-0.15, -0.1) is 0 Å². The highest BCUT2D eigenvalue weighted by molar-refractivity contribution is 5.49. The molecule has 0 atom stereocenters. The number of aliphatic imine (C=N–C) groups is 2. The van der Waals surface area contributed by atoms with E-state index < -0.39 is 11.1 Å². The first-order chi connectivity index (χ1) is 8.33. The number of nitrogens with zero attached hydrogens (tertiary/aromatic N) is 2. The second-order valence-electron chi connectivity index (χ2n) is 5.17. The van der Waals surface area contributed by atoms with Gasteiger partial charge in [-0.3, -0.25) is 0 Å². The Balaban J connectivity index is 3.30. The van der Waals surface area contributed by atoms with Gasteiger partial charge in [-0.2, -0.15) is 4.99 Å². The van der Waals surface area contributed by atoms with Crippen molar-refractivity contribution in [3.63, 3.8) is 0 Å². The van der Waals surface area contributed by atoms with Crippen molar-refractivity contribution in [2.75, 3.05) is 0 Å². The van der Waals surface area contributed by atoms with Crippen LogP contribution in [0.1, 0.15) is 38.8 Å². The second-order valence-corrected chi connectivity index (χ2v) is 5.17. The lowest BCUT2D eigenvalue weighted by atomic mass is 9.88. The molecule has 0 fully saturated rings. The summed E-state index contributed by atoms with van der Waals surface area (Å²) in [7, 11) is 0. The van der Waals surface area contributed by atoms with E-state index in [4.69, 9.17) is 0 Å². The lowest BCUT2D eigenvalue weighted by molar-refractivity contribution is 0.518. The third-order valence-corrected chi connectivity index (χ3v) is 2.96. The predicted octanol–water partition coefficient (Wildman–Crippen LogP) is 3.35. The molecule has 0 heterocycles. The Morgan fingerprint density at radius 1 is 1.06 bits per heavy atom. The largest absolute Gasteiger partial charge is 0.235 e. The second kappa shape index (κ2) is 5.14. The molecule has 0 aromatic heterocycles. The van der Waals surface area contributed by atoms with Crippen molar-refractivity contribution in [2.24, 2.45) is 9.98 Å². The van der Waals surface area contributed by atoms with Gasteiger partial charge >= 0.3 is 0 Å². The highest BCUT2D eigenvalue weighted by atomic mass is 16.1. The molecular weight excluding hydrogens is 224 g/mol. The van der Waals surface area contributed by atoms with Gasteiger partial charge in [0.25, 0.3) is 0 Å². The van der Waals surface area contributed by atoms with Gasteiger partial charge < -0.3 is 0 Å². The predicted molar refractivity (Wildman–Crippen MR) is 73.7 cm³/mol. The van der Waals surface area contributed by atoms with E-state index in [0.29, 0.717) is 0 Å². The van der Waals surface area contributed by atoms with Crippen LogP contribution in [0.5, 0.6) is 0 Å². The van der Waals surface area contributed by atoms with Gasteiger partial charge in [0.15, 0.2) is 0 Å². The van der Waals surface area contributed by atoms with Crippen LogP contribution in [0, 0.1) is 0 Å². The topological polar surface area (TPSA) is 41.8 Å². The van der Waals surface area contributed by atoms with Gasteiger partial charge in [-0.1, -0.05) is 24.3 Å². The number of hydrogen-bond acceptors (Lipinski definition) is 3. The van der Waals surface area contributed by atoms with Gasteiger partial charge in [0.05, 0.1) is 11.1 Å². The molecule has 3 heteroatoms. The zero-order valence-electron chi connectivity index (χ0n) is 11.3. The lowest BCUT2D eigenvalue weighted by Gasteiger charge is -2.23. The smallest absolute Gasteiger partial charge is 0.233 e. The Kier molecular flexibility index (Phi) is 4.03. The molecule has 0 spiro atoms. The molecule has 1 rings (SSSR count). The Labute approximate surface area is 108 Å². The minimum atomic E-state index is -0.578. The van der Waals surface area contributed by atoms with Crippen LogP contribution < -0.4 is 0 Å². The van der Waals surface area contributed by atoms with Crippen molar-refractivity contribution in [2.45, 2.75) is 38.8 Å². The van der Waals surface area contributed by atoms with Crippen LogP contribution in [0.15, 0.2) is 40.8 Å². The lowest BCUT2D eigenvalue weighted by Crippen LogP contribution is -2.18. The van der Waals surface area contributed by atoms with Gasteiger partial charge in [-0.25, -0.2) is 9.79 Å². The monoisotopic (exact) mass is 242 g/mol. The summed E-state index contributed by atoms with van der Waals surface area (Å²) in [6, 6.07) is 7.87. The highest BCUT2D eigenvalue weighted by Gasteiger charge is 2.24. The molecule has 0 bridgehead atoms. The van der Waals surface area contributed by atoms with Crippen LogP contribution in [0.3, 0.4) is 0 Å². The molecule has 1 aromatic carbocycles. The van der Waals surface area contributed by atoms with Gasteiger partial charge in [0.1, 0.15) is 0 Å². The number of hydrogen-bond donors (Lipinski definition) is 0. The van der Waals surface area contributed by atoms with Crippen molar-refractivity contribution in [1.29, 1.82) is 0 Å². The van der Waals surface area contributed by atoms with Crippen molar-refractivity contribution in [3.05, 3.63) is 42.0 Å². The fourth-order valence-corrected chi connectivity index (χ4v) is 1.72. The van der Waals surface area contributed by atoms with E-state index in [-0.39, 0.29) is 0 Å². The fraction of sp³-hybridized carbons (Fsp3) is 0.400. The van der Waals surface area contributed by atoms with E-state index in [9.17, 15) is 4.79 Å². The number of benzene rings is 1. The molecule has 0 aliphatic rings. The molecule has 0 unspecified atom stereocenters. The molecule has 94 valence electrons. The molecule has 0 aliphatic carbocycles. The van der Waals surface area contributed by atoms with Gasteiger partial charge in [-0.05, 0) is 51.3 Å². The summed E-state index contributed by atoms with van der Waals surface area (Å²) in [5.74, 6) is 2.58. The normalized spacial score (nSPS) is 11.3. The van der Waals surface area contributed by atoms with Gasteiger partial charge in [0.2, 0.25) is 6.08 Å². The summed E-state index contributed by atoms with van der Waals surface area (Å²) in [4.78, 5) is 18.5. The summed E-state index contributed by atoms with van der Waals surface area (Å²) in [5.41, 5.74) is 1.02. The molecule has 0 radical (unpaired) electrons. The summed E-state index contributed by atoms with van der Waals surface area (Å²) in [5, 5.41) is 0. The Hall–Kier alpha value is -1.95. The Bertz CT molecular complexity index is 486. The summed E-state index contributed by atoms with van der Waals surface area (Å²) in [6.45, 7) is 11.2. The van der Waals surface area contributed by atoms with E-state index in [1.54, 1.807) is 6.08 Å². The minimum Gasteiger partial charge on any atom is -0.233 e. The van der Waals surface area contributed by atoms with Crippen LogP contribution in [-0.2, 0) is 15.9 Å². The Morgan fingerprint density at radius 2 is 1.56 bits per heavy atom. The maximum atomic E-state index is 10.4. The minimum absolute atomic E-state index is 0.390. The maximum absolute atomic E-state index is 10.4. The molecule has 3 nitrogen and oxygen atoms in total. The van der Waals surface area contributed by atoms with Crippen LogP contribution in [0.25, 0.3) is 0 Å². The molecule has 0 amide bonds. The van der Waals surface area contributed by atoms with Crippen LogP contribution in [0.2, 0.25) is 0 Å². The number of carbonyl (C=O) groups excluding carboxylic acids is 1. The van der Waals surface area contributed by atoms with E-state index in [2.05, 4.69) is 22.4 Å². The highest BCUT2D eigenvalue weighted by Crippen LogP contribution is 2.30. The van der Waals surface area contributed by atoms with Crippen LogP contribution >= 0.6 is 0 Å². The van der Waals surface area contributed by atoms with Crippen molar-refractivity contribution in [3.8, 4) is 0 Å². The van der Waals surface area contributed by atoms with Crippen LogP contribution in [-0.4, -0.2) is 11.9 Å². The molecule has 0 saturated heterocycles. The van der Waals surface area contributed by atoms with Crippen molar-refractivity contribution in [1.82, 2.24) is 0 Å². The first-order valence-corrected chi connectivity index (χ1v) is 5.77. The quantitative estimate of drug-likeness (QED) is 0.589. The third-order valence-electron chi connectivity index (χ3n) is 2.96. The third kappa shape index (κ3) is 3.04. The van der Waals surface area contributed by atoms with E-state index in [1.807, 2.05) is 52.0 Å². The first kappa shape index (κ1) is 14.1. The number of rotatable bonds is 4. The summed E-state index contributed by atoms with van der Waals surface area (Å²) < 4.78 is 0. The first-order valence-electron chi connectivity index (χ1n) is 5.77. The molecule has 0 aliphatic heterocycles. The zero-order valence-corrected chi connectivity index (χ0v) is 11.3. The average molecular weight is 242 g/mol. The number of isocyanates is 1. The van der Waals surface area contributed by atoms with Crippen molar-refractivity contribution < 1.29 is 4.79 Å².